The van der Waals surface area contributed by atoms with Gasteiger partial charge in [0.15, 0.2) is 6.04 Å². The highest BCUT2D eigenvalue weighted by atomic mass is 16.5. The molecule has 1 heterocycles. The summed E-state index contributed by atoms with van der Waals surface area (Å²) in [5.74, 6) is -1.44. The molecule has 1 atom stereocenters. The Labute approximate surface area is 96.4 Å². The molecule has 0 radical (unpaired) electrons. The molecule has 17 heavy (non-hydrogen) atoms. The standard InChI is InChI=1S/C10H12N2O5/c1-17-10(16)7(5-13)12-9(15)6-3-2-4-8(14)11-6/h2-4,7,13H,5H2,1H3,(H,11,14)(H,12,15). The minimum absolute atomic E-state index is 0.000136. The predicted octanol–water partition coefficient (Wildman–Crippen LogP) is -1.36. The zero-order valence-corrected chi connectivity index (χ0v) is 9.10. The highest BCUT2D eigenvalue weighted by Gasteiger charge is 2.21. The van der Waals surface area contributed by atoms with E-state index in [0.29, 0.717) is 0 Å². The molecule has 1 aromatic rings. The number of ether oxygens (including phenoxy) is 1. The van der Waals surface area contributed by atoms with Gasteiger partial charge in [-0.15, -0.1) is 0 Å². The van der Waals surface area contributed by atoms with Crippen LogP contribution in [0.15, 0.2) is 23.0 Å². The van der Waals surface area contributed by atoms with Gasteiger partial charge in [-0.2, -0.15) is 0 Å². The molecule has 0 saturated carbocycles. The fourth-order valence-electron chi connectivity index (χ4n) is 1.14. The van der Waals surface area contributed by atoms with Crippen LogP contribution in [0.5, 0.6) is 0 Å². The Morgan fingerprint density at radius 1 is 1.53 bits per heavy atom. The highest BCUT2D eigenvalue weighted by Crippen LogP contribution is 1.93. The van der Waals surface area contributed by atoms with E-state index in [1.165, 1.54) is 18.2 Å². The molecule has 0 saturated heterocycles. The summed E-state index contributed by atoms with van der Waals surface area (Å²) < 4.78 is 4.38. The lowest BCUT2D eigenvalue weighted by molar-refractivity contribution is -0.143. The Kier molecular flexibility index (Phi) is 4.41. The Hall–Kier alpha value is -2.15. The predicted molar refractivity (Wildman–Crippen MR) is 57.4 cm³/mol. The number of amides is 1. The van der Waals surface area contributed by atoms with Crippen molar-refractivity contribution in [2.24, 2.45) is 0 Å². The highest BCUT2D eigenvalue weighted by molar-refractivity contribution is 5.95. The Morgan fingerprint density at radius 2 is 2.24 bits per heavy atom. The van der Waals surface area contributed by atoms with Crippen molar-refractivity contribution < 1.29 is 19.4 Å². The van der Waals surface area contributed by atoms with E-state index < -0.39 is 30.1 Å². The number of aromatic amines is 1. The summed E-state index contributed by atoms with van der Waals surface area (Å²) in [4.78, 5) is 35.9. The lowest BCUT2D eigenvalue weighted by Gasteiger charge is -2.13. The van der Waals surface area contributed by atoms with Crippen LogP contribution in [-0.2, 0) is 9.53 Å². The summed E-state index contributed by atoms with van der Waals surface area (Å²) in [5.41, 5.74) is -0.434. The number of rotatable bonds is 4. The second-order valence-electron chi connectivity index (χ2n) is 3.16. The van der Waals surface area contributed by atoms with Crippen LogP contribution < -0.4 is 10.9 Å². The monoisotopic (exact) mass is 240 g/mol. The first-order chi connectivity index (χ1) is 8.08. The fourth-order valence-corrected chi connectivity index (χ4v) is 1.14. The molecule has 0 fully saturated rings. The van der Waals surface area contributed by atoms with E-state index in [0.717, 1.165) is 7.11 Å². The van der Waals surface area contributed by atoms with Crippen LogP contribution >= 0.6 is 0 Å². The molecule has 0 bridgehead atoms. The van der Waals surface area contributed by atoms with E-state index >= 15 is 0 Å². The van der Waals surface area contributed by atoms with Gasteiger partial charge in [0, 0.05) is 6.07 Å². The minimum Gasteiger partial charge on any atom is -0.467 e. The van der Waals surface area contributed by atoms with Crippen LogP contribution in [0, 0.1) is 0 Å². The van der Waals surface area contributed by atoms with Crippen LogP contribution in [0.25, 0.3) is 0 Å². The minimum atomic E-state index is -1.16. The van der Waals surface area contributed by atoms with Crippen molar-refractivity contribution in [3.63, 3.8) is 0 Å². The molecule has 0 aliphatic carbocycles. The van der Waals surface area contributed by atoms with E-state index in [-0.39, 0.29) is 5.69 Å². The Bertz CT molecular complexity index is 468. The molecule has 0 aliphatic heterocycles. The van der Waals surface area contributed by atoms with Gasteiger partial charge in [-0.05, 0) is 6.07 Å². The van der Waals surface area contributed by atoms with Crippen LogP contribution in [0.3, 0.4) is 0 Å². The third kappa shape index (κ3) is 3.42. The second-order valence-corrected chi connectivity index (χ2v) is 3.16. The summed E-state index contributed by atoms with van der Waals surface area (Å²) >= 11 is 0. The van der Waals surface area contributed by atoms with Crippen LogP contribution in [-0.4, -0.2) is 41.7 Å². The van der Waals surface area contributed by atoms with E-state index in [9.17, 15) is 14.4 Å². The number of aliphatic hydroxyl groups is 1. The van der Waals surface area contributed by atoms with Crippen molar-refractivity contribution in [3.05, 3.63) is 34.2 Å². The average Bonchev–Trinajstić information content (AvgIpc) is 2.34. The molecule has 7 nitrogen and oxygen atoms in total. The number of hydrogen-bond donors (Lipinski definition) is 3. The average molecular weight is 240 g/mol. The number of aliphatic hydroxyl groups excluding tert-OH is 1. The summed E-state index contributed by atoms with van der Waals surface area (Å²) in [6.07, 6.45) is 0. The van der Waals surface area contributed by atoms with Gasteiger partial charge in [-0.1, -0.05) is 6.07 Å². The Balaban J connectivity index is 2.78. The fraction of sp³-hybridized carbons (Fsp3) is 0.300. The van der Waals surface area contributed by atoms with Gasteiger partial charge >= 0.3 is 5.97 Å². The number of carbonyl (C=O) groups is 2. The third-order valence-corrected chi connectivity index (χ3v) is 1.99. The smallest absolute Gasteiger partial charge is 0.330 e. The van der Waals surface area contributed by atoms with Gasteiger partial charge in [-0.25, -0.2) is 4.79 Å². The van der Waals surface area contributed by atoms with E-state index in [1.54, 1.807) is 0 Å². The summed E-state index contributed by atoms with van der Waals surface area (Å²) in [6.45, 7) is -0.588. The molecule has 0 spiro atoms. The molecule has 3 N–H and O–H groups in total. The molecule has 1 aromatic heterocycles. The maximum atomic E-state index is 11.6. The van der Waals surface area contributed by atoms with Crippen molar-refractivity contribution in [2.45, 2.75) is 6.04 Å². The van der Waals surface area contributed by atoms with Crippen molar-refractivity contribution in [1.29, 1.82) is 0 Å². The first kappa shape index (κ1) is 12.9. The Morgan fingerprint density at radius 3 is 2.76 bits per heavy atom. The van der Waals surface area contributed by atoms with Crippen LogP contribution in [0.2, 0.25) is 0 Å². The maximum Gasteiger partial charge on any atom is 0.330 e. The number of methoxy groups -OCH3 is 1. The quantitative estimate of drug-likeness (QED) is 0.563. The molecule has 92 valence electrons. The topological polar surface area (TPSA) is 108 Å². The van der Waals surface area contributed by atoms with Gasteiger partial charge in [0.05, 0.1) is 13.7 Å². The van der Waals surface area contributed by atoms with Crippen molar-refractivity contribution in [2.75, 3.05) is 13.7 Å². The first-order valence-corrected chi connectivity index (χ1v) is 4.77. The lowest BCUT2D eigenvalue weighted by atomic mass is 10.2. The summed E-state index contributed by atoms with van der Waals surface area (Å²) in [6, 6.07) is 2.87. The summed E-state index contributed by atoms with van der Waals surface area (Å²) in [7, 11) is 1.14. The maximum absolute atomic E-state index is 11.6. The number of esters is 1. The molecule has 7 heteroatoms. The molecule has 1 unspecified atom stereocenters. The number of hydrogen-bond acceptors (Lipinski definition) is 5. The zero-order valence-electron chi connectivity index (χ0n) is 9.10. The van der Waals surface area contributed by atoms with Crippen molar-refractivity contribution >= 4 is 11.9 Å². The van der Waals surface area contributed by atoms with Gasteiger partial charge in [-0.3, -0.25) is 9.59 Å². The number of pyridine rings is 1. The molecule has 1 rings (SSSR count). The number of H-pyrrole nitrogens is 1. The van der Waals surface area contributed by atoms with E-state index in [2.05, 4.69) is 15.0 Å². The molecule has 0 aromatic carbocycles. The number of carbonyl (C=O) groups excluding carboxylic acids is 2. The van der Waals surface area contributed by atoms with Gasteiger partial charge in [0.2, 0.25) is 5.56 Å². The van der Waals surface area contributed by atoms with Crippen molar-refractivity contribution in [1.82, 2.24) is 10.3 Å². The van der Waals surface area contributed by atoms with E-state index in [4.69, 9.17) is 5.11 Å². The number of nitrogens with one attached hydrogen (secondary N) is 2. The second kappa shape index (κ2) is 5.80. The van der Waals surface area contributed by atoms with E-state index in [1.807, 2.05) is 0 Å². The largest absolute Gasteiger partial charge is 0.467 e. The third-order valence-electron chi connectivity index (χ3n) is 1.99. The summed E-state index contributed by atoms with van der Waals surface area (Å²) in [5, 5.41) is 11.1. The number of aromatic nitrogens is 1. The first-order valence-electron chi connectivity index (χ1n) is 4.77. The van der Waals surface area contributed by atoms with Gasteiger partial charge in [0.1, 0.15) is 5.69 Å². The normalized spacial score (nSPS) is 11.6. The SMILES string of the molecule is COC(=O)C(CO)NC(=O)c1cccc(=O)[nH]1. The lowest BCUT2D eigenvalue weighted by Crippen LogP contribution is -2.44. The van der Waals surface area contributed by atoms with Gasteiger partial charge < -0.3 is 20.1 Å². The zero-order chi connectivity index (χ0) is 12.8. The molecule has 1 amide bonds. The molecule has 0 aliphatic rings. The van der Waals surface area contributed by atoms with Crippen LogP contribution in [0.1, 0.15) is 10.5 Å². The van der Waals surface area contributed by atoms with Crippen molar-refractivity contribution in [3.8, 4) is 0 Å². The molecular weight excluding hydrogens is 228 g/mol. The van der Waals surface area contributed by atoms with Crippen LogP contribution in [0.4, 0.5) is 0 Å². The molecular formula is C10H12N2O5. The van der Waals surface area contributed by atoms with Gasteiger partial charge in [0.25, 0.3) is 5.91 Å².